The minimum Gasteiger partial charge on any atom is -0.368 e. The molecule has 1 aromatic carbocycles. The third-order valence-electron chi connectivity index (χ3n) is 4.18. The third kappa shape index (κ3) is 4.85. The minimum atomic E-state index is 0.0806. The fourth-order valence-corrected chi connectivity index (χ4v) is 2.82. The second-order valence-corrected chi connectivity index (χ2v) is 6.35. The van der Waals surface area contributed by atoms with Crippen molar-refractivity contribution in [1.82, 2.24) is 10.2 Å². The van der Waals surface area contributed by atoms with Crippen LogP contribution in [0.5, 0.6) is 0 Å². The number of nitrogens with one attached hydrogen (secondary N) is 1. The van der Waals surface area contributed by atoms with E-state index in [1.807, 2.05) is 19.1 Å². The summed E-state index contributed by atoms with van der Waals surface area (Å²) in [6.45, 7) is 7.72. The van der Waals surface area contributed by atoms with Crippen LogP contribution in [-0.4, -0.2) is 49.6 Å². The minimum absolute atomic E-state index is 0.0806. The molecule has 1 saturated heterocycles. The first-order valence-corrected chi connectivity index (χ1v) is 8.37. The second kappa shape index (κ2) is 8.19. The number of piperazine rings is 1. The van der Waals surface area contributed by atoms with Crippen LogP contribution in [-0.2, 0) is 4.79 Å². The number of hydrogen-bond acceptors (Lipinski definition) is 4. The SMILES string of the molecule is CCC(C)NC(=O)CN1CCN(c2ccc(Cl)cc2C#N)CC1. The van der Waals surface area contributed by atoms with Crippen LogP contribution in [0.4, 0.5) is 5.69 Å². The Hall–Kier alpha value is -1.77. The van der Waals surface area contributed by atoms with Crippen LogP contribution in [0.1, 0.15) is 25.8 Å². The zero-order valence-corrected chi connectivity index (χ0v) is 14.4. The predicted molar refractivity (Wildman–Crippen MR) is 92.7 cm³/mol. The number of rotatable bonds is 5. The quantitative estimate of drug-likeness (QED) is 0.897. The summed E-state index contributed by atoms with van der Waals surface area (Å²) < 4.78 is 0. The molecule has 0 radical (unpaired) electrons. The zero-order chi connectivity index (χ0) is 16.8. The van der Waals surface area contributed by atoms with Gasteiger partial charge in [-0.3, -0.25) is 9.69 Å². The van der Waals surface area contributed by atoms with Crippen LogP contribution in [0.3, 0.4) is 0 Å². The van der Waals surface area contributed by atoms with Gasteiger partial charge in [0, 0.05) is 37.2 Å². The van der Waals surface area contributed by atoms with E-state index in [0.29, 0.717) is 17.1 Å². The van der Waals surface area contributed by atoms with Crippen molar-refractivity contribution in [2.75, 3.05) is 37.6 Å². The van der Waals surface area contributed by atoms with Crippen molar-refractivity contribution in [1.29, 1.82) is 5.26 Å². The van der Waals surface area contributed by atoms with Crippen molar-refractivity contribution >= 4 is 23.2 Å². The number of nitriles is 1. The summed E-state index contributed by atoms with van der Waals surface area (Å²) in [5.74, 6) is 0.0806. The van der Waals surface area contributed by atoms with E-state index < -0.39 is 0 Å². The summed E-state index contributed by atoms with van der Waals surface area (Å²) in [5.41, 5.74) is 1.51. The molecule has 0 saturated carbocycles. The topological polar surface area (TPSA) is 59.4 Å². The van der Waals surface area contributed by atoms with Gasteiger partial charge in [-0.25, -0.2) is 0 Å². The van der Waals surface area contributed by atoms with Gasteiger partial charge in [-0.15, -0.1) is 0 Å². The molecule has 6 heteroatoms. The molecular weight excluding hydrogens is 312 g/mol. The van der Waals surface area contributed by atoms with E-state index in [1.165, 1.54) is 0 Å². The van der Waals surface area contributed by atoms with Crippen molar-refractivity contribution in [2.45, 2.75) is 26.3 Å². The van der Waals surface area contributed by atoms with E-state index in [4.69, 9.17) is 11.6 Å². The van der Waals surface area contributed by atoms with Gasteiger partial charge in [-0.05, 0) is 31.5 Å². The highest BCUT2D eigenvalue weighted by molar-refractivity contribution is 6.30. The third-order valence-corrected chi connectivity index (χ3v) is 4.41. The smallest absolute Gasteiger partial charge is 0.234 e. The van der Waals surface area contributed by atoms with E-state index in [9.17, 15) is 10.1 Å². The van der Waals surface area contributed by atoms with E-state index in [-0.39, 0.29) is 11.9 Å². The maximum atomic E-state index is 11.9. The van der Waals surface area contributed by atoms with Gasteiger partial charge in [0.25, 0.3) is 0 Å². The first kappa shape index (κ1) is 17.6. The lowest BCUT2D eigenvalue weighted by Crippen LogP contribution is -2.50. The average Bonchev–Trinajstić information content (AvgIpc) is 2.55. The summed E-state index contributed by atoms with van der Waals surface area (Å²) >= 11 is 5.95. The molecule has 0 aromatic heterocycles. The van der Waals surface area contributed by atoms with Gasteiger partial charge in [-0.2, -0.15) is 5.26 Å². The van der Waals surface area contributed by atoms with Crippen molar-refractivity contribution in [3.8, 4) is 6.07 Å². The zero-order valence-electron chi connectivity index (χ0n) is 13.7. The van der Waals surface area contributed by atoms with Crippen LogP contribution >= 0.6 is 11.6 Å². The number of hydrogen-bond donors (Lipinski definition) is 1. The molecular formula is C17H23ClN4O. The maximum absolute atomic E-state index is 11.9. The van der Waals surface area contributed by atoms with E-state index in [2.05, 4.69) is 28.1 Å². The highest BCUT2D eigenvalue weighted by atomic mass is 35.5. The number of carbonyl (C=O) groups excluding carboxylic acids is 1. The Morgan fingerprint density at radius 1 is 1.39 bits per heavy atom. The summed E-state index contributed by atoms with van der Waals surface area (Å²) in [6, 6.07) is 7.82. The van der Waals surface area contributed by atoms with Crippen molar-refractivity contribution in [2.24, 2.45) is 0 Å². The molecule has 1 amide bonds. The summed E-state index contributed by atoms with van der Waals surface area (Å²) in [4.78, 5) is 16.3. The van der Waals surface area contributed by atoms with Crippen LogP contribution in [0.15, 0.2) is 18.2 Å². The molecule has 1 heterocycles. The van der Waals surface area contributed by atoms with E-state index in [0.717, 1.165) is 38.3 Å². The molecule has 1 aliphatic rings. The second-order valence-electron chi connectivity index (χ2n) is 5.91. The van der Waals surface area contributed by atoms with Crippen LogP contribution < -0.4 is 10.2 Å². The van der Waals surface area contributed by atoms with Crippen LogP contribution in [0.25, 0.3) is 0 Å². The first-order chi connectivity index (χ1) is 11.0. The fraction of sp³-hybridized carbons (Fsp3) is 0.529. The lowest BCUT2D eigenvalue weighted by atomic mass is 10.1. The molecule has 1 unspecified atom stereocenters. The molecule has 1 N–H and O–H groups in total. The number of amides is 1. The largest absolute Gasteiger partial charge is 0.368 e. The number of anilines is 1. The van der Waals surface area contributed by atoms with Crippen molar-refractivity contribution in [3.05, 3.63) is 28.8 Å². The van der Waals surface area contributed by atoms with Gasteiger partial charge in [0.15, 0.2) is 0 Å². The van der Waals surface area contributed by atoms with Gasteiger partial charge in [0.2, 0.25) is 5.91 Å². The van der Waals surface area contributed by atoms with Crippen molar-refractivity contribution in [3.63, 3.8) is 0 Å². The molecule has 23 heavy (non-hydrogen) atoms. The Labute approximate surface area is 142 Å². The van der Waals surface area contributed by atoms with Gasteiger partial charge < -0.3 is 10.2 Å². The standard InChI is InChI=1S/C17H23ClN4O/c1-3-13(2)20-17(23)12-21-6-8-22(9-7-21)16-5-4-15(18)10-14(16)11-19/h4-5,10,13H,3,6-9,12H2,1-2H3,(H,20,23). The number of carbonyl (C=O) groups is 1. The Balaban J connectivity index is 1.89. The van der Waals surface area contributed by atoms with Crippen molar-refractivity contribution < 1.29 is 4.79 Å². The van der Waals surface area contributed by atoms with E-state index >= 15 is 0 Å². The Morgan fingerprint density at radius 2 is 2.09 bits per heavy atom. The molecule has 1 aliphatic heterocycles. The number of halogens is 1. The summed E-state index contributed by atoms with van der Waals surface area (Å²) in [7, 11) is 0. The van der Waals surface area contributed by atoms with Gasteiger partial charge in [0.05, 0.1) is 17.8 Å². The summed E-state index contributed by atoms with van der Waals surface area (Å²) in [5, 5.41) is 12.8. The van der Waals surface area contributed by atoms with Crippen LogP contribution in [0.2, 0.25) is 5.02 Å². The molecule has 124 valence electrons. The van der Waals surface area contributed by atoms with E-state index in [1.54, 1.807) is 6.07 Å². The lowest BCUT2D eigenvalue weighted by Gasteiger charge is -2.36. The Morgan fingerprint density at radius 3 is 2.70 bits per heavy atom. The van der Waals surface area contributed by atoms with Crippen LogP contribution in [0, 0.1) is 11.3 Å². The molecule has 0 spiro atoms. The lowest BCUT2D eigenvalue weighted by molar-refractivity contribution is -0.122. The fourth-order valence-electron chi connectivity index (χ4n) is 2.65. The maximum Gasteiger partial charge on any atom is 0.234 e. The molecule has 5 nitrogen and oxygen atoms in total. The average molecular weight is 335 g/mol. The number of nitrogens with zero attached hydrogens (tertiary/aromatic N) is 3. The Kier molecular flexibility index (Phi) is 6.26. The first-order valence-electron chi connectivity index (χ1n) is 7.99. The highest BCUT2D eigenvalue weighted by Crippen LogP contribution is 2.24. The Bertz CT molecular complexity index is 591. The highest BCUT2D eigenvalue weighted by Gasteiger charge is 2.21. The molecule has 1 aromatic rings. The van der Waals surface area contributed by atoms with Gasteiger partial charge in [-0.1, -0.05) is 18.5 Å². The number of benzene rings is 1. The molecule has 0 aliphatic carbocycles. The molecule has 1 atom stereocenters. The van der Waals surface area contributed by atoms with Gasteiger partial charge in [0.1, 0.15) is 6.07 Å². The predicted octanol–water partition coefficient (Wildman–Crippen LogP) is 2.25. The summed E-state index contributed by atoms with van der Waals surface area (Å²) in [6.07, 6.45) is 0.938. The molecule has 2 rings (SSSR count). The monoisotopic (exact) mass is 334 g/mol. The normalized spacial score (nSPS) is 16.7. The molecule has 1 fully saturated rings. The molecule has 0 bridgehead atoms. The van der Waals surface area contributed by atoms with Gasteiger partial charge >= 0.3 is 0 Å².